The number of hydrogen-bond acceptors (Lipinski definition) is 1. The van der Waals surface area contributed by atoms with Crippen molar-refractivity contribution in [2.45, 2.75) is 20.8 Å². The largest absolute Gasteiger partial charge is 0.318 e. The lowest BCUT2D eigenvalue weighted by molar-refractivity contribution is 0.963. The molecule has 0 saturated carbocycles. The van der Waals surface area contributed by atoms with Gasteiger partial charge in [-0.1, -0.05) is 18.2 Å². The van der Waals surface area contributed by atoms with Gasteiger partial charge in [-0.3, -0.25) is 4.99 Å². The third kappa shape index (κ3) is 3.55. The minimum Gasteiger partial charge on any atom is -0.318 e. The van der Waals surface area contributed by atoms with E-state index in [4.69, 9.17) is 0 Å². The van der Waals surface area contributed by atoms with Crippen molar-refractivity contribution in [3.63, 3.8) is 0 Å². The van der Waals surface area contributed by atoms with Crippen molar-refractivity contribution in [3.8, 4) is 5.69 Å². The lowest BCUT2D eigenvalue weighted by Gasteiger charge is -2.10. The zero-order valence-electron chi connectivity index (χ0n) is 13.5. The zero-order valence-corrected chi connectivity index (χ0v) is 15.7. The average Bonchev–Trinajstić information content (AvgIpc) is 2.79. The van der Waals surface area contributed by atoms with E-state index in [1.807, 2.05) is 18.3 Å². The van der Waals surface area contributed by atoms with Crippen LogP contribution in [0.25, 0.3) is 5.69 Å². The number of benzene rings is 2. The van der Waals surface area contributed by atoms with Crippen LogP contribution in [0.15, 0.2) is 59.6 Å². The minimum absolute atomic E-state index is 0.984. The molecule has 0 amide bonds. The molecule has 0 unspecified atom stereocenters. The highest BCUT2D eigenvalue weighted by Crippen LogP contribution is 2.22. The Hall–Kier alpha value is -1.88. The van der Waals surface area contributed by atoms with Crippen LogP contribution in [0.1, 0.15) is 22.5 Å². The lowest BCUT2D eigenvalue weighted by atomic mass is 10.2. The first-order chi connectivity index (χ1) is 11.0. The number of nitrogens with zero attached hydrogens (tertiary/aromatic N) is 2. The van der Waals surface area contributed by atoms with E-state index in [1.54, 1.807) is 0 Å². The van der Waals surface area contributed by atoms with Gasteiger partial charge in [0.1, 0.15) is 0 Å². The smallest absolute Gasteiger partial charge is 0.0640 e. The molecule has 0 atom stereocenters. The highest BCUT2D eigenvalue weighted by Gasteiger charge is 2.09. The van der Waals surface area contributed by atoms with Gasteiger partial charge >= 0.3 is 0 Å². The maximum Gasteiger partial charge on any atom is 0.0640 e. The Balaban J connectivity index is 1.98. The molecule has 0 radical (unpaired) electrons. The van der Waals surface area contributed by atoms with Crippen molar-refractivity contribution in [3.05, 3.63) is 80.7 Å². The topological polar surface area (TPSA) is 17.3 Å². The molecule has 3 heteroatoms. The minimum atomic E-state index is 0.984. The summed E-state index contributed by atoms with van der Waals surface area (Å²) in [6.45, 7) is 6.40. The third-order valence-electron chi connectivity index (χ3n) is 3.89. The van der Waals surface area contributed by atoms with Crippen molar-refractivity contribution in [1.82, 2.24) is 4.57 Å². The van der Waals surface area contributed by atoms with Gasteiger partial charge in [-0.2, -0.15) is 0 Å². The van der Waals surface area contributed by atoms with Gasteiger partial charge in [0.15, 0.2) is 0 Å². The Morgan fingerprint density at radius 1 is 0.957 bits per heavy atom. The van der Waals surface area contributed by atoms with Crippen molar-refractivity contribution < 1.29 is 0 Å². The maximum atomic E-state index is 4.62. The molecule has 3 rings (SSSR count). The second-order valence-corrected chi connectivity index (χ2v) is 6.98. The fraction of sp³-hybridized carbons (Fsp3) is 0.150. The van der Waals surface area contributed by atoms with Crippen LogP contribution in [0.3, 0.4) is 0 Å². The Kier molecular flexibility index (Phi) is 4.66. The van der Waals surface area contributed by atoms with E-state index in [9.17, 15) is 0 Å². The Bertz CT molecular complexity index is 875. The molecule has 0 spiro atoms. The van der Waals surface area contributed by atoms with Crippen molar-refractivity contribution >= 4 is 34.5 Å². The van der Waals surface area contributed by atoms with E-state index in [1.165, 1.54) is 26.2 Å². The summed E-state index contributed by atoms with van der Waals surface area (Å²) >= 11 is 2.31. The first-order valence-corrected chi connectivity index (χ1v) is 8.68. The molecule has 116 valence electrons. The van der Waals surface area contributed by atoms with Crippen molar-refractivity contribution in [2.24, 2.45) is 4.99 Å². The van der Waals surface area contributed by atoms with Gasteiger partial charge in [0.25, 0.3) is 0 Å². The summed E-state index contributed by atoms with van der Waals surface area (Å²) in [6, 6.07) is 19.0. The number of halogens is 1. The van der Waals surface area contributed by atoms with Gasteiger partial charge in [0, 0.05) is 32.4 Å². The van der Waals surface area contributed by atoms with E-state index in [0.717, 1.165) is 11.3 Å². The number of aromatic nitrogens is 1. The molecule has 2 nitrogen and oxygen atoms in total. The van der Waals surface area contributed by atoms with Crippen LogP contribution in [0, 0.1) is 24.3 Å². The van der Waals surface area contributed by atoms with Crippen molar-refractivity contribution in [2.75, 3.05) is 0 Å². The van der Waals surface area contributed by atoms with Gasteiger partial charge < -0.3 is 4.57 Å². The van der Waals surface area contributed by atoms with Crippen LogP contribution in [0.4, 0.5) is 5.69 Å². The molecule has 0 N–H and O–H groups in total. The molecule has 0 aliphatic carbocycles. The van der Waals surface area contributed by atoms with E-state index in [0.29, 0.717) is 0 Å². The number of aliphatic imine (C=N–C) groups is 1. The van der Waals surface area contributed by atoms with Gasteiger partial charge in [-0.15, -0.1) is 0 Å². The summed E-state index contributed by atoms with van der Waals surface area (Å²) in [5.41, 5.74) is 7.04. The van der Waals surface area contributed by atoms with Crippen LogP contribution < -0.4 is 0 Å². The fourth-order valence-electron chi connectivity index (χ4n) is 2.78. The van der Waals surface area contributed by atoms with E-state index in [2.05, 4.69) is 95.4 Å². The predicted octanol–water partition coefficient (Wildman–Crippen LogP) is 5.76. The second-order valence-electron chi connectivity index (χ2n) is 5.74. The van der Waals surface area contributed by atoms with Crippen LogP contribution in [-0.2, 0) is 0 Å². The second kappa shape index (κ2) is 6.71. The highest BCUT2D eigenvalue weighted by molar-refractivity contribution is 14.1. The zero-order chi connectivity index (χ0) is 16.4. The van der Waals surface area contributed by atoms with Gasteiger partial charge in [-0.25, -0.2) is 0 Å². The van der Waals surface area contributed by atoms with Gasteiger partial charge in [-0.05, 0) is 85.3 Å². The normalized spacial score (nSPS) is 11.3. The summed E-state index contributed by atoms with van der Waals surface area (Å²) in [5.74, 6) is 0. The van der Waals surface area contributed by atoms with Crippen LogP contribution in [-0.4, -0.2) is 10.8 Å². The number of rotatable bonds is 3. The molecule has 2 aromatic carbocycles. The Labute approximate surface area is 151 Å². The first kappa shape index (κ1) is 16.0. The first-order valence-electron chi connectivity index (χ1n) is 7.60. The summed E-state index contributed by atoms with van der Waals surface area (Å²) in [4.78, 5) is 4.62. The summed E-state index contributed by atoms with van der Waals surface area (Å²) in [5, 5.41) is 0. The molecule has 0 saturated heterocycles. The molecule has 1 aromatic heterocycles. The molecule has 1 heterocycles. The molecule has 3 aromatic rings. The predicted molar refractivity (Wildman–Crippen MR) is 106 cm³/mol. The average molecular weight is 414 g/mol. The molecular weight excluding hydrogens is 395 g/mol. The van der Waals surface area contributed by atoms with Crippen molar-refractivity contribution in [1.29, 1.82) is 0 Å². The lowest BCUT2D eigenvalue weighted by Crippen LogP contribution is -1.99. The SMILES string of the molecule is Cc1cccc(-n2c(C)cc(C=Nc3cccc(I)c3)c2C)c1. The van der Waals surface area contributed by atoms with E-state index < -0.39 is 0 Å². The Morgan fingerprint density at radius 3 is 2.48 bits per heavy atom. The quantitative estimate of drug-likeness (QED) is 0.383. The van der Waals surface area contributed by atoms with Gasteiger partial charge in [0.2, 0.25) is 0 Å². The third-order valence-corrected chi connectivity index (χ3v) is 4.56. The van der Waals surface area contributed by atoms with Crippen LogP contribution in [0.5, 0.6) is 0 Å². The number of aryl methyl sites for hydroxylation is 2. The van der Waals surface area contributed by atoms with Crippen LogP contribution in [0.2, 0.25) is 0 Å². The molecule has 23 heavy (non-hydrogen) atoms. The standard InChI is InChI=1S/C20H19IN2/c1-14-6-4-9-20(10-14)23-15(2)11-17(16(23)3)13-22-19-8-5-7-18(21)12-19/h4-13H,1-3H3. The fourth-order valence-corrected chi connectivity index (χ4v) is 3.31. The molecule has 0 bridgehead atoms. The van der Waals surface area contributed by atoms with E-state index in [-0.39, 0.29) is 0 Å². The highest BCUT2D eigenvalue weighted by atomic mass is 127. The molecule has 0 aliphatic rings. The molecule has 0 fully saturated rings. The Morgan fingerprint density at radius 2 is 1.74 bits per heavy atom. The maximum absolute atomic E-state index is 4.62. The van der Waals surface area contributed by atoms with E-state index >= 15 is 0 Å². The summed E-state index contributed by atoms with van der Waals surface area (Å²) < 4.78 is 3.48. The summed E-state index contributed by atoms with van der Waals surface area (Å²) in [6.07, 6.45) is 1.96. The monoisotopic (exact) mass is 414 g/mol. The number of hydrogen-bond donors (Lipinski definition) is 0. The summed E-state index contributed by atoms with van der Waals surface area (Å²) in [7, 11) is 0. The molecule has 0 aliphatic heterocycles. The van der Waals surface area contributed by atoms with Gasteiger partial charge in [0.05, 0.1) is 5.69 Å². The van der Waals surface area contributed by atoms with Crippen LogP contribution >= 0.6 is 22.6 Å². The molecular formula is C20H19IN2.